The van der Waals surface area contributed by atoms with Gasteiger partial charge in [-0.05, 0) is 39.8 Å². The van der Waals surface area contributed by atoms with Gasteiger partial charge >= 0.3 is 5.97 Å². The van der Waals surface area contributed by atoms with Gasteiger partial charge in [0.05, 0.1) is 23.6 Å². The van der Waals surface area contributed by atoms with Gasteiger partial charge < -0.3 is 10.1 Å². The Morgan fingerprint density at radius 1 is 1.35 bits per heavy atom. The van der Waals surface area contributed by atoms with Gasteiger partial charge in [0.25, 0.3) is 0 Å². The van der Waals surface area contributed by atoms with Crippen LogP contribution in [0.25, 0.3) is 11.3 Å². The molecule has 2 aromatic rings. The molecule has 0 spiro atoms. The Morgan fingerprint density at radius 2 is 2.09 bits per heavy atom. The molecule has 7 heteroatoms. The molecule has 124 valence electrons. The van der Waals surface area contributed by atoms with Crippen LogP contribution in [0.3, 0.4) is 0 Å². The van der Waals surface area contributed by atoms with Gasteiger partial charge in [-0.25, -0.2) is 9.78 Å². The number of carbonyl (C=O) groups excluding carboxylic acids is 1. The second-order valence-corrected chi connectivity index (χ2v) is 4.91. The Balaban J connectivity index is 2.60. The van der Waals surface area contributed by atoms with Crippen LogP contribution in [-0.4, -0.2) is 33.9 Å². The molecule has 1 N–H and O–H groups in total. The minimum Gasteiger partial charge on any atom is -0.462 e. The molecule has 2 rings (SSSR count). The first-order valence-corrected chi connectivity index (χ1v) is 7.68. The summed E-state index contributed by atoms with van der Waals surface area (Å²) in [5.41, 5.74) is 1.43. The number of esters is 1. The van der Waals surface area contributed by atoms with Crippen molar-refractivity contribution >= 4 is 11.8 Å². The molecule has 0 fully saturated rings. The van der Waals surface area contributed by atoms with Crippen LogP contribution in [0.2, 0.25) is 0 Å². The van der Waals surface area contributed by atoms with Crippen molar-refractivity contribution in [1.82, 2.24) is 14.8 Å². The number of aryl methyl sites for hydroxylation is 2. The van der Waals surface area contributed by atoms with Crippen LogP contribution in [0.4, 0.5) is 10.2 Å². The molecule has 0 bridgehead atoms. The minimum absolute atomic E-state index is 0.233. The molecule has 23 heavy (non-hydrogen) atoms. The van der Waals surface area contributed by atoms with Crippen molar-refractivity contribution in [3.63, 3.8) is 0 Å². The van der Waals surface area contributed by atoms with E-state index in [2.05, 4.69) is 15.4 Å². The lowest BCUT2D eigenvalue weighted by Gasteiger charge is -2.10. The summed E-state index contributed by atoms with van der Waals surface area (Å²) in [5.74, 6) is -0.704. The van der Waals surface area contributed by atoms with Crippen LogP contribution in [0.5, 0.6) is 0 Å². The largest absolute Gasteiger partial charge is 0.462 e. The zero-order chi connectivity index (χ0) is 17.0. The summed E-state index contributed by atoms with van der Waals surface area (Å²) in [6, 6.07) is 3.28. The lowest BCUT2D eigenvalue weighted by Crippen LogP contribution is -2.09. The highest BCUT2D eigenvalue weighted by Gasteiger charge is 2.25. The predicted molar refractivity (Wildman–Crippen MR) is 85.9 cm³/mol. The molecule has 0 amide bonds. The summed E-state index contributed by atoms with van der Waals surface area (Å²) < 4.78 is 21.1. The molecule has 6 nitrogen and oxygen atoms in total. The van der Waals surface area contributed by atoms with Crippen molar-refractivity contribution < 1.29 is 13.9 Å². The fourth-order valence-corrected chi connectivity index (χ4v) is 2.42. The first-order valence-electron chi connectivity index (χ1n) is 7.68. The van der Waals surface area contributed by atoms with Gasteiger partial charge in [0.2, 0.25) is 5.95 Å². The number of rotatable bonds is 6. The number of halogens is 1. The predicted octanol–water partition coefficient (Wildman–Crippen LogP) is 3.02. The van der Waals surface area contributed by atoms with Crippen molar-refractivity contribution in [2.75, 3.05) is 18.5 Å². The number of aromatic nitrogens is 3. The summed E-state index contributed by atoms with van der Waals surface area (Å²) >= 11 is 0. The van der Waals surface area contributed by atoms with Crippen LogP contribution < -0.4 is 5.32 Å². The third kappa shape index (κ3) is 3.33. The summed E-state index contributed by atoms with van der Waals surface area (Å²) in [6.07, 6.45) is 0. The highest BCUT2D eigenvalue weighted by molar-refractivity contribution is 5.97. The van der Waals surface area contributed by atoms with Gasteiger partial charge in [0, 0.05) is 13.1 Å². The van der Waals surface area contributed by atoms with Crippen molar-refractivity contribution in [3.05, 3.63) is 29.3 Å². The Labute approximate surface area is 134 Å². The van der Waals surface area contributed by atoms with Crippen molar-refractivity contribution in [2.45, 2.75) is 34.2 Å². The topological polar surface area (TPSA) is 69.0 Å². The zero-order valence-electron chi connectivity index (χ0n) is 13.8. The van der Waals surface area contributed by atoms with Crippen LogP contribution in [-0.2, 0) is 11.3 Å². The van der Waals surface area contributed by atoms with E-state index in [1.165, 1.54) is 0 Å². The SMILES string of the molecule is CCNc1ccc(-c2c(C(=O)OCC)c(C)nn2CC)c(F)n1. The maximum absolute atomic E-state index is 14.5. The van der Waals surface area contributed by atoms with E-state index in [-0.39, 0.29) is 17.7 Å². The van der Waals surface area contributed by atoms with Crippen molar-refractivity contribution in [1.29, 1.82) is 0 Å². The van der Waals surface area contributed by atoms with Crippen LogP contribution >= 0.6 is 0 Å². The zero-order valence-corrected chi connectivity index (χ0v) is 13.8. The average molecular weight is 320 g/mol. The lowest BCUT2D eigenvalue weighted by atomic mass is 10.1. The van der Waals surface area contributed by atoms with Gasteiger partial charge in [0.15, 0.2) is 0 Å². The quantitative estimate of drug-likeness (QED) is 0.654. The molecule has 0 saturated carbocycles. The van der Waals surface area contributed by atoms with Crippen LogP contribution in [0, 0.1) is 12.9 Å². The number of hydrogen-bond acceptors (Lipinski definition) is 5. The van der Waals surface area contributed by atoms with E-state index in [0.29, 0.717) is 30.3 Å². The molecule has 0 aliphatic carbocycles. The Hall–Kier alpha value is -2.44. The molecule has 2 heterocycles. The molecule has 2 aromatic heterocycles. The number of hydrogen-bond donors (Lipinski definition) is 1. The summed E-state index contributed by atoms with van der Waals surface area (Å²) in [6.45, 7) is 8.61. The van der Waals surface area contributed by atoms with Gasteiger partial charge in [-0.1, -0.05) is 0 Å². The average Bonchev–Trinajstić information content (AvgIpc) is 2.84. The van der Waals surface area contributed by atoms with Crippen LogP contribution in [0.15, 0.2) is 12.1 Å². The van der Waals surface area contributed by atoms with E-state index in [1.54, 1.807) is 30.7 Å². The fourth-order valence-electron chi connectivity index (χ4n) is 2.42. The Kier molecular flexibility index (Phi) is 5.31. The highest BCUT2D eigenvalue weighted by Crippen LogP contribution is 2.29. The number of nitrogens with zero attached hydrogens (tertiary/aromatic N) is 3. The second-order valence-electron chi connectivity index (χ2n) is 4.91. The Bertz CT molecular complexity index is 712. The number of carbonyl (C=O) groups is 1. The summed E-state index contributed by atoms with van der Waals surface area (Å²) in [7, 11) is 0. The summed E-state index contributed by atoms with van der Waals surface area (Å²) in [5, 5.41) is 7.27. The monoisotopic (exact) mass is 320 g/mol. The van der Waals surface area contributed by atoms with E-state index >= 15 is 0 Å². The number of anilines is 1. The summed E-state index contributed by atoms with van der Waals surface area (Å²) in [4.78, 5) is 16.1. The number of ether oxygens (including phenoxy) is 1. The molecule has 0 unspecified atom stereocenters. The Morgan fingerprint density at radius 3 is 2.65 bits per heavy atom. The van der Waals surface area contributed by atoms with Gasteiger partial charge in [-0.2, -0.15) is 9.49 Å². The molecule has 0 aromatic carbocycles. The first-order chi connectivity index (χ1) is 11.0. The fraction of sp³-hybridized carbons (Fsp3) is 0.438. The molecule has 0 atom stereocenters. The second kappa shape index (κ2) is 7.21. The normalized spacial score (nSPS) is 10.7. The number of pyridine rings is 1. The van der Waals surface area contributed by atoms with Crippen molar-refractivity contribution in [2.24, 2.45) is 0 Å². The lowest BCUT2D eigenvalue weighted by molar-refractivity contribution is 0.0526. The van der Waals surface area contributed by atoms with Crippen LogP contribution in [0.1, 0.15) is 36.8 Å². The van der Waals surface area contributed by atoms with E-state index in [9.17, 15) is 9.18 Å². The molecule has 0 aliphatic heterocycles. The molecule has 0 aliphatic rings. The highest BCUT2D eigenvalue weighted by atomic mass is 19.1. The number of nitrogens with one attached hydrogen (secondary N) is 1. The third-order valence-corrected chi connectivity index (χ3v) is 3.37. The van der Waals surface area contributed by atoms with Gasteiger partial charge in [-0.3, -0.25) is 4.68 Å². The molecule has 0 saturated heterocycles. The van der Waals surface area contributed by atoms with E-state index in [0.717, 1.165) is 0 Å². The molecule has 0 radical (unpaired) electrons. The minimum atomic E-state index is -0.649. The van der Waals surface area contributed by atoms with Gasteiger partial charge in [-0.15, -0.1) is 0 Å². The van der Waals surface area contributed by atoms with E-state index < -0.39 is 11.9 Å². The van der Waals surface area contributed by atoms with Crippen molar-refractivity contribution in [3.8, 4) is 11.3 Å². The van der Waals surface area contributed by atoms with E-state index in [1.807, 2.05) is 13.8 Å². The standard InChI is InChI=1S/C16H21FN4O2/c1-5-18-12-9-8-11(15(17)19-12)14-13(16(22)23-7-3)10(4)20-21(14)6-2/h8-9H,5-7H2,1-4H3,(H,18,19). The third-order valence-electron chi connectivity index (χ3n) is 3.37. The molecular formula is C16H21FN4O2. The smallest absolute Gasteiger partial charge is 0.342 e. The molecular weight excluding hydrogens is 299 g/mol. The van der Waals surface area contributed by atoms with E-state index in [4.69, 9.17) is 4.74 Å². The first kappa shape index (κ1) is 16.9. The van der Waals surface area contributed by atoms with Gasteiger partial charge in [0.1, 0.15) is 11.4 Å². The maximum Gasteiger partial charge on any atom is 0.342 e. The maximum atomic E-state index is 14.5.